The van der Waals surface area contributed by atoms with Crippen molar-refractivity contribution in [2.75, 3.05) is 5.73 Å². The van der Waals surface area contributed by atoms with Gasteiger partial charge in [-0.25, -0.2) is 0 Å². The Hall–Kier alpha value is -1.05. The van der Waals surface area contributed by atoms with Crippen LogP contribution in [0.25, 0.3) is 0 Å². The van der Waals surface area contributed by atoms with Crippen LogP contribution in [0, 0.1) is 0 Å². The van der Waals surface area contributed by atoms with Crippen molar-refractivity contribution in [3.05, 3.63) is 22.5 Å². The number of hydrogen-bond donors (Lipinski definition) is 1. The molecule has 2 aliphatic rings. The van der Waals surface area contributed by atoms with E-state index in [9.17, 15) is 0 Å². The number of anilines is 1. The molecule has 0 saturated heterocycles. The molecule has 0 radical (unpaired) electrons. The normalized spacial score (nSPS) is 27.9. The molecule has 2 nitrogen and oxygen atoms in total. The Balaban J connectivity index is 2.24. The summed E-state index contributed by atoms with van der Waals surface area (Å²) in [4.78, 5) is 4.88. The molecule has 2 heteroatoms. The van der Waals surface area contributed by atoms with Gasteiger partial charge < -0.3 is 5.73 Å². The summed E-state index contributed by atoms with van der Waals surface area (Å²) in [5, 5.41) is 0. The van der Waals surface area contributed by atoms with Gasteiger partial charge in [-0.2, -0.15) is 0 Å². The average Bonchev–Trinajstić information content (AvgIpc) is 2.75. The number of nitrogens with zero attached hydrogens (tertiary/aromatic N) is 1. The molecule has 0 aliphatic heterocycles. The molecule has 1 aromatic heterocycles. The van der Waals surface area contributed by atoms with E-state index in [1.807, 2.05) is 0 Å². The van der Waals surface area contributed by atoms with Gasteiger partial charge >= 0.3 is 0 Å². The first kappa shape index (κ1) is 9.20. The molecule has 1 aromatic rings. The maximum atomic E-state index is 6.27. The van der Waals surface area contributed by atoms with Crippen molar-refractivity contribution in [2.24, 2.45) is 0 Å². The van der Waals surface area contributed by atoms with E-state index in [1.54, 1.807) is 0 Å². The highest BCUT2D eigenvalue weighted by molar-refractivity contribution is 5.61. The van der Waals surface area contributed by atoms with Gasteiger partial charge in [-0.1, -0.05) is 13.8 Å². The molecule has 0 saturated carbocycles. The monoisotopic (exact) mass is 202 g/mol. The first-order valence-corrected chi connectivity index (χ1v) is 5.99. The summed E-state index contributed by atoms with van der Waals surface area (Å²) in [5.74, 6) is 1.22. The molecule has 0 amide bonds. The van der Waals surface area contributed by atoms with Gasteiger partial charge in [-0.15, -0.1) is 0 Å². The van der Waals surface area contributed by atoms with Crippen LogP contribution >= 0.6 is 0 Å². The topological polar surface area (TPSA) is 38.9 Å². The van der Waals surface area contributed by atoms with Crippen LogP contribution in [0.3, 0.4) is 0 Å². The molecule has 1 heterocycles. The van der Waals surface area contributed by atoms with Crippen molar-refractivity contribution < 1.29 is 0 Å². The lowest BCUT2D eigenvalue weighted by Gasteiger charge is -2.12. The number of rotatable bonds is 0. The number of nitrogens with two attached hydrogens (primary N) is 1. The minimum Gasteiger partial charge on any atom is -0.398 e. The van der Waals surface area contributed by atoms with Gasteiger partial charge in [0.05, 0.1) is 0 Å². The molecule has 0 fully saturated rings. The average molecular weight is 202 g/mol. The lowest BCUT2D eigenvalue weighted by atomic mass is 10.0. The van der Waals surface area contributed by atoms with Crippen LogP contribution in [0.15, 0.2) is 0 Å². The number of aromatic nitrogens is 1. The lowest BCUT2D eigenvalue weighted by Crippen LogP contribution is -2.05. The maximum absolute atomic E-state index is 6.27. The molecule has 0 aromatic carbocycles. The van der Waals surface area contributed by atoms with E-state index in [0.717, 1.165) is 18.5 Å². The first-order valence-electron chi connectivity index (χ1n) is 5.99. The van der Waals surface area contributed by atoms with Crippen LogP contribution in [0.4, 0.5) is 5.69 Å². The second-order valence-corrected chi connectivity index (χ2v) is 5.13. The molecule has 2 aliphatic carbocycles. The molecule has 80 valence electrons. The van der Waals surface area contributed by atoms with E-state index in [4.69, 9.17) is 10.7 Å². The highest BCUT2D eigenvalue weighted by Crippen LogP contribution is 2.42. The molecule has 0 bridgehead atoms. The molecule has 2 unspecified atom stereocenters. The fourth-order valence-electron chi connectivity index (χ4n) is 3.06. The molecular weight excluding hydrogens is 184 g/mol. The summed E-state index contributed by atoms with van der Waals surface area (Å²) in [7, 11) is 0. The van der Waals surface area contributed by atoms with E-state index in [-0.39, 0.29) is 0 Å². The van der Waals surface area contributed by atoms with Gasteiger partial charge in [0.2, 0.25) is 0 Å². The highest BCUT2D eigenvalue weighted by Gasteiger charge is 2.30. The van der Waals surface area contributed by atoms with E-state index in [2.05, 4.69) is 13.8 Å². The lowest BCUT2D eigenvalue weighted by molar-refractivity contribution is 0.702. The predicted molar refractivity (Wildman–Crippen MR) is 62.1 cm³/mol. The zero-order valence-electron chi connectivity index (χ0n) is 9.51. The summed E-state index contributed by atoms with van der Waals surface area (Å²) < 4.78 is 0. The van der Waals surface area contributed by atoms with Crippen molar-refractivity contribution in [1.82, 2.24) is 4.98 Å². The minimum absolute atomic E-state index is 0.611. The molecule has 2 atom stereocenters. The van der Waals surface area contributed by atoms with Gasteiger partial charge in [0.25, 0.3) is 0 Å². The smallest absolute Gasteiger partial charge is 0.0488 e. The van der Waals surface area contributed by atoms with E-state index >= 15 is 0 Å². The van der Waals surface area contributed by atoms with Gasteiger partial charge in [0.1, 0.15) is 0 Å². The third-order valence-electron chi connectivity index (χ3n) is 4.10. The molecular formula is C13H18N2. The quantitative estimate of drug-likeness (QED) is 0.702. The molecule has 2 N–H and O–H groups in total. The Kier molecular flexibility index (Phi) is 1.82. The van der Waals surface area contributed by atoms with Gasteiger partial charge in [-0.3, -0.25) is 4.98 Å². The predicted octanol–water partition coefficient (Wildman–Crippen LogP) is 2.76. The van der Waals surface area contributed by atoms with Crippen LogP contribution in [0.2, 0.25) is 0 Å². The van der Waals surface area contributed by atoms with Crippen LogP contribution in [0.1, 0.15) is 61.0 Å². The van der Waals surface area contributed by atoms with Gasteiger partial charge in [-0.05, 0) is 48.6 Å². The Morgan fingerprint density at radius 3 is 1.93 bits per heavy atom. The van der Waals surface area contributed by atoms with E-state index in [0.29, 0.717) is 11.8 Å². The van der Waals surface area contributed by atoms with E-state index < -0.39 is 0 Å². The van der Waals surface area contributed by atoms with Crippen molar-refractivity contribution >= 4 is 5.69 Å². The minimum atomic E-state index is 0.611. The standard InChI is InChI=1S/C13H18N2/c1-7-3-5-9-11(14)10-6-4-8(2)13(10)15-12(7)9/h7-8H,3-6H2,1-2H3,(H2,14,15). The fourth-order valence-corrected chi connectivity index (χ4v) is 3.06. The van der Waals surface area contributed by atoms with Crippen LogP contribution in [-0.2, 0) is 12.8 Å². The number of hydrogen-bond acceptors (Lipinski definition) is 2. The number of fused-ring (bicyclic) bond motifs is 2. The molecule has 3 rings (SSSR count). The highest BCUT2D eigenvalue weighted by atomic mass is 14.8. The van der Waals surface area contributed by atoms with Crippen LogP contribution < -0.4 is 5.73 Å². The summed E-state index contributed by atoms with van der Waals surface area (Å²) >= 11 is 0. The third kappa shape index (κ3) is 1.14. The Morgan fingerprint density at radius 2 is 1.47 bits per heavy atom. The van der Waals surface area contributed by atoms with Crippen LogP contribution in [0.5, 0.6) is 0 Å². The summed E-state index contributed by atoms with van der Waals surface area (Å²) in [5.41, 5.74) is 12.6. The Labute approximate surface area is 90.9 Å². The third-order valence-corrected chi connectivity index (χ3v) is 4.10. The second-order valence-electron chi connectivity index (χ2n) is 5.13. The number of pyridine rings is 1. The van der Waals surface area contributed by atoms with Crippen molar-refractivity contribution in [1.29, 1.82) is 0 Å². The van der Waals surface area contributed by atoms with Gasteiger partial charge in [0, 0.05) is 17.1 Å². The summed E-state index contributed by atoms with van der Waals surface area (Å²) in [6.45, 7) is 4.54. The van der Waals surface area contributed by atoms with Crippen molar-refractivity contribution in [2.45, 2.75) is 51.4 Å². The van der Waals surface area contributed by atoms with Gasteiger partial charge in [0.15, 0.2) is 0 Å². The largest absolute Gasteiger partial charge is 0.398 e. The van der Waals surface area contributed by atoms with Crippen molar-refractivity contribution in [3.63, 3.8) is 0 Å². The number of nitrogen functional groups attached to an aromatic ring is 1. The second kappa shape index (κ2) is 2.97. The Morgan fingerprint density at radius 1 is 1.00 bits per heavy atom. The molecule has 0 spiro atoms. The Bertz CT molecular complexity index is 387. The molecule has 15 heavy (non-hydrogen) atoms. The summed E-state index contributed by atoms with van der Waals surface area (Å²) in [6.07, 6.45) is 4.72. The zero-order chi connectivity index (χ0) is 10.6. The zero-order valence-corrected chi connectivity index (χ0v) is 9.51. The van der Waals surface area contributed by atoms with Crippen LogP contribution in [-0.4, -0.2) is 4.98 Å². The fraction of sp³-hybridized carbons (Fsp3) is 0.615. The van der Waals surface area contributed by atoms with E-state index in [1.165, 1.54) is 35.4 Å². The first-order chi connectivity index (χ1) is 7.18. The maximum Gasteiger partial charge on any atom is 0.0488 e. The summed E-state index contributed by atoms with van der Waals surface area (Å²) in [6, 6.07) is 0. The van der Waals surface area contributed by atoms with Crippen molar-refractivity contribution in [3.8, 4) is 0 Å². The SMILES string of the molecule is CC1CCc2c1nc1c(c2N)CCC1C.